The molecule has 104 valence electrons. The minimum absolute atomic E-state index is 0.152. The molecule has 2 aromatic rings. The van der Waals surface area contributed by atoms with Gasteiger partial charge < -0.3 is 9.84 Å². The van der Waals surface area contributed by atoms with E-state index in [-0.39, 0.29) is 5.89 Å². The van der Waals surface area contributed by atoms with Gasteiger partial charge in [0.1, 0.15) is 11.9 Å². The quantitative estimate of drug-likeness (QED) is 0.934. The van der Waals surface area contributed by atoms with Crippen LogP contribution in [0.2, 0.25) is 0 Å². The lowest BCUT2D eigenvalue weighted by atomic mass is 10.3. The molecule has 0 aliphatic heterocycles. The summed E-state index contributed by atoms with van der Waals surface area (Å²) >= 11 is 1.13. The molecular weight excluding hydrogens is 283 g/mol. The summed E-state index contributed by atoms with van der Waals surface area (Å²) in [5.41, 5.74) is 0. The van der Waals surface area contributed by atoms with Gasteiger partial charge in [-0.3, -0.25) is 0 Å². The Hall–Kier alpha value is -1.71. The predicted molar refractivity (Wildman–Crippen MR) is 60.6 cm³/mol. The third kappa shape index (κ3) is 3.19. The fraction of sp³-hybridized carbons (Fsp3) is 0.556. The summed E-state index contributed by atoms with van der Waals surface area (Å²) in [6, 6.07) is -0.582. The lowest BCUT2D eigenvalue weighted by molar-refractivity contribution is -0.146. The average Bonchev–Trinajstić information content (AvgIpc) is 2.96. The SMILES string of the molecule is CCc1nsc(NC(C)c2nc(C(F)(F)F)no2)n1. The van der Waals surface area contributed by atoms with E-state index in [0.29, 0.717) is 17.4 Å². The molecule has 0 bridgehead atoms. The Bertz CT molecular complexity index is 552. The van der Waals surface area contributed by atoms with Gasteiger partial charge in [-0.1, -0.05) is 12.1 Å². The number of halogens is 3. The van der Waals surface area contributed by atoms with Crippen molar-refractivity contribution in [1.82, 2.24) is 19.5 Å². The van der Waals surface area contributed by atoms with E-state index in [9.17, 15) is 13.2 Å². The molecule has 1 N–H and O–H groups in total. The van der Waals surface area contributed by atoms with E-state index in [1.54, 1.807) is 6.92 Å². The Balaban J connectivity index is 2.07. The van der Waals surface area contributed by atoms with Gasteiger partial charge in [0.05, 0.1) is 0 Å². The second-order valence-corrected chi connectivity index (χ2v) is 4.44. The second kappa shape index (κ2) is 5.11. The largest absolute Gasteiger partial charge is 0.455 e. The highest BCUT2D eigenvalue weighted by molar-refractivity contribution is 7.09. The molecule has 0 saturated carbocycles. The first-order valence-electron chi connectivity index (χ1n) is 5.40. The summed E-state index contributed by atoms with van der Waals surface area (Å²) in [5.74, 6) is -0.774. The Labute approximate surface area is 110 Å². The van der Waals surface area contributed by atoms with Gasteiger partial charge in [-0.05, 0) is 6.92 Å². The average molecular weight is 293 g/mol. The molecule has 6 nitrogen and oxygen atoms in total. The lowest BCUT2D eigenvalue weighted by Gasteiger charge is -2.06. The van der Waals surface area contributed by atoms with E-state index in [1.165, 1.54) is 0 Å². The molecular formula is C9H10F3N5OS. The zero-order chi connectivity index (χ0) is 14.0. The molecule has 0 amide bonds. The van der Waals surface area contributed by atoms with Crippen molar-refractivity contribution in [3.8, 4) is 0 Å². The highest BCUT2D eigenvalue weighted by Crippen LogP contribution is 2.28. The Morgan fingerprint density at radius 3 is 2.63 bits per heavy atom. The fourth-order valence-electron chi connectivity index (χ4n) is 1.23. The van der Waals surface area contributed by atoms with Crippen LogP contribution in [0.3, 0.4) is 0 Å². The minimum atomic E-state index is -4.61. The van der Waals surface area contributed by atoms with E-state index in [2.05, 4.69) is 29.3 Å². The first-order chi connectivity index (χ1) is 8.90. The van der Waals surface area contributed by atoms with E-state index in [1.807, 2.05) is 6.92 Å². The molecule has 1 atom stereocenters. The van der Waals surface area contributed by atoms with Crippen molar-refractivity contribution >= 4 is 16.7 Å². The highest BCUT2D eigenvalue weighted by atomic mass is 32.1. The van der Waals surface area contributed by atoms with Crippen LogP contribution in [-0.4, -0.2) is 19.5 Å². The minimum Gasteiger partial charge on any atom is -0.349 e. The molecule has 0 aliphatic carbocycles. The number of hydrogen-bond acceptors (Lipinski definition) is 7. The first kappa shape index (κ1) is 13.7. The molecule has 1 unspecified atom stereocenters. The van der Waals surface area contributed by atoms with Crippen molar-refractivity contribution in [3.63, 3.8) is 0 Å². The molecule has 0 fully saturated rings. The number of aromatic nitrogens is 4. The molecule has 0 aromatic carbocycles. The summed E-state index contributed by atoms with van der Waals surface area (Å²) < 4.78 is 45.6. The van der Waals surface area contributed by atoms with Crippen molar-refractivity contribution in [2.45, 2.75) is 32.5 Å². The molecule has 2 rings (SSSR count). The Morgan fingerprint density at radius 1 is 1.37 bits per heavy atom. The molecule has 2 aromatic heterocycles. The third-order valence-electron chi connectivity index (χ3n) is 2.19. The van der Waals surface area contributed by atoms with Gasteiger partial charge in [-0.15, -0.1) is 0 Å². The summed E-state index contributed by atoms with van der Waals surface area (Å²) in [4.78, 5) is 7.43. The number of aryl methyl sites for hydroxylation is 1. The van der Waals surface area contributed by atoms with Gasteiger partial charge in [0.2, 0.25) is 11.0 Å². The van der Waals surface area contributed by atoms with Crippen LogP contribution in [0, 0.1) is 0 Å². The van der Waals surface area contributed by atoms with Crippen molar-refractivity contribution in [2.75, 3.05) is 5.32 Å². The number of nitrogens with zero attached hydrogens (tertiary/aromatic N) is 4. The maximum absolute atomic E-state index is 12.3. The highest BCUT2D eigenvalue weighted by Gasteiger charge is 2.37. The number of alkyl halides is 3. The molecule has 10 heteroatoms. The molecule has 2 heterocycles. The summed E-state index contributed by atoms with van der Waals surface area (Å²) in [5, 5.41) is 6.24. The van der Waals surface area contributed by atoms with Crippen LogP contribution in [-0.2, 0) is 12.6 Å². The molecule has 0 radical (unpaired) electrons. The van der Waals surface area contributed by atoms with Crippen LogP contribution in [0.5, 0.6) is 0 Å². The first-order valence-corrected chi connectivity index (χ1v) is 6.17. The van der Waals surface area contributed by atoms with Crippen LogP contribution in [0.4, 0.5) is 18.3 Å². The molecule has 0 aliphatic rings. The van der Waals surface area contributed by atoms with Gasteiger partial charge >= 0.3 is 6.18 Å². The van der Waals surface area contributed by atoms with Crippen LogP contribution in [0.1, 0.15) is 37.4 Å². The summed E-state index contributed by atoms with van der Waals surface area (Å²) in [6.07, 6.45) is -3.93. The van der Waals surface area contributed by atoms with E-state index >= 15 is 0 Å². The molecule has 19 heavy (non-hydrogen) atoms. The third-order valence-corrected chi connectivity index (χ3v) is 2.87. The van der Waals surface area contributed by atoms with E-state index in [0.717, 1.165) is 11.5 Å². The topological polar surface area (TPSA) is 76.7 Å². The maximum atomic E-state index is 12.3. The van der Waals surface area contributed by atoms with E-state index in [4.69, 9.17) is 0 Å². The van der Waals surface area contributed by atoms with Crippen LogP contribution < -0.4 is 5.32 Å². The van der Waals surface area contributed by atoms with Crippen LogP contribution in [0.15, 0.2) is 4.52 Å². The van der Waals surface area contributed by atoms with Gasteiger partial charge in [-0.2, -0.15) is 22.5 Å². The Morgan fingerprint density at radius 2 is 2.11 bits per heavy atom. The predicted octanol–water partition coefficient (Wildman–Crippen LogP) is 2.68. The van der Waals surface area contributed by atoms with Gasteiger partial charge in [0, 0.05) is 18.0 Å². The Kier molecular flexibility index (Phi) is 3.69. The van der Waals surface area contributed by atoms with Crippen molar-refractivity contribution in [1.29, 1.82) is 0 Å². The van der Waals surface area contributed by atoms with Crippen LogP contribution in [0.25, 0.3) is 0 Å². The summed E-state index contributed by atoms with van der Waals surface area (Å²) in [6.45, 7) is 3.50. The van der Waals surface area contributed by atoms with Crippen molar-refractivity contribution in [2.24, 2.45) is 0 Å². The maximum Gasteiger partial charge on any atom is 0.455 e. The van der Waals surface area contributed by atoms with E-state index < -0.39 is 18.0 Å². The zero-order valence-corrected chi connectivity index (χ0v) is 10.8. The normalized spacial score (nSPS) is 13.5. The number of anilines is 1. The smallest absolute Gasteiger partial charge is 0.349 e. The van der Waals surface area contributed by atoms with Gasteiger partial charge in [0.15, 0.2) is 0 Å². The van der Waals surface area contributed by atoms with Crippen molar-refractivity contribution in [3.05, 3.63) is 17.5 Å². The lowest BCUT2D eigenvalue weighted by Crippen LogP contribution is -2.10. The number of rotatable bonds is 4. The number of hydrogen-bond donors (Lipinski definition) is 1. The molecule has 0 spiro atoms. The zero-order valence-electron chi connectivity index (χ0n) is 10.0. The second-order valence-electron chi connectivity index (χ2n) is 3.69. The monoisotopic (exact) mass is 293 g/mol. The standard InChI is InChI=1S/C9H10F3N5OS/c1-3-5-14-8(19-17-5)13-4(2)6-15-7(16-18-6)9(10,11)12/h4H,3H2,1-2H3,(H,13,14,17). The number of nitrogens with one attached hydrogen (secondary N) is 1. The van der Waals surface area contributed by atoms with Gasteiger partial charge in [-0.25, -0.2) is 4.98 Å². The van der Waals surface area contributed by atoms with Crippen molar-refractivity contribution < 1.29 is 17.7 Å². The van der Waals surface area contributed by atoms with Crippen LogP contribution >= 0.6 is 11.5 Å². The molecule has 0 saturated heterocycles. The summed E-state index contributed by atoms with van der Waals surface area (Å²) in [7, 11) is 0. The van der Waals surface area contributed by atoms with Gasteiger partial charge in [0.25, 0.3) is 5.82 Å². The fourth-order valence-corrected chi connectivity index (χ4v) is 1.97.